The molecule has 0 bridgehead atoms. The van der Waals surface area contributed by atoms with Crippen LogP contribution in [0.3, 0.4) is 0 Å². The van der Waals surface area contributed by atoms with Gasteiger partial charge in [0.1, 0.15) is 0 Å². The first-order valence-corrected chi connectivity index (χ1v) is 4.82. The van der Waals surface area contributed by atoms with E-state index in [0.29, 0.717) is 11.6 Å². The Balaban J connectivity index is 2.59. The third-order valence-electron chi connectivity index (χ3n) is 1.87. The molecule has 0 saturated heterocycles. The largest absolute Gasteiger partial charge is 0.380 e. The van der Waals surface area contributed by atoms with Crippen LogP contribution in [0.4, 0.5) is 11.4 Å². The summed E-state index contributed by atoms with van der Waals surface area (Å²) in [5.41, 5.74) is 2.23. The monoisotopic (exact) mass is 210 g/mol. The van der Waals surface area contributed by atoms with Gasteiger partial charge < -0.3 is 10.2 Å². The average molecular weight is 211 g/mol. The molecule has 0 aliphatic rings. The van der Waals surface area contributed by atoms with Crippen LogP contribution >= 0.6 is 11.6 Å². The number of hydrogen-bond donors (Lipinski definition) is 1. The van der Waals surface area contributed by atoms with Crippen LogP contribution in [0.5, 0.6) is 0 Å². The van der Waals surface area contributed by atoms with Crippen molar-refractivity contribution in [3.8, 4) is 0 Å². The number of nitrogens with zero attached hydrogens (tertiary/aromatic N) is 1. The fourth-order valence-corrected chi connectivity index (χ4v) is 1.14. The molecule has 1 aromatic carbocycles. The highest BCUT2D eigenvalue weighted by molar-refractivity contribution is 6.29. The summed E-state index contributed by atoms with van der Waals surface area (Å²) in [6, 6.07) is 8.16. The minimum atomic E-state index is 0.600. The molecule has 1 N–H and O–H groups in total. The van der Waals surface area contributed by atoms with Crippen LogP contribution in [0.1, 0.15) is 0 Å². The van der Waals surface area contributed by atoms with E-state index >= 15 is 0 Å². The summed E-state index contributed by atoms with van der Waals surface area (Å²) in [5.74, 6) is 0. The Hall–Kier alpha value is -1.15. The van der Waals surface area contributed by atoms with E-state index in [-0.39, 0.29) is 0 Å². The third kappa shape index (κ3) is 3.30. The first kappa shape index (κ1) is 10.9. The Bertz CT molecular complexity index is 304. The lowest BCUT2D eigenvalue weighted by Gasteiger charge is -2.13. The van der Waals surface area contributed by atoms with E-state index in [2.05, 4.69) is 28.9 Å². The Morgan fingerprint density at radius 1 is 1.36 bits per heavy atom. The Morgan fingerprint density at radius 3 is 2.36 bits per heavy atom. The zero-order valence-corrected chi connectivity index (χ0v) is 9.30. The van der Waals surface area contributed by atoms with Gasteiger partial charge in [-0.3, -0.25) is 0 Å². The van der Waals surface area contributed by atoms with Gasteiger partial charge in [0.05, 0.1) is 6.54 Å². The first-order chi connectivity index (χ1) is 6.59. The molecule has 14 heavy (non-hydrogen) atoms. The van der Waals surface area contributed by atoms with Crippen molar-refractivity contribution in [3.05, 3.63) is 35.9 Å². The molecule has 0 aliphatic carbocycles. The molecule has 0 aliphatic heterocycles. The highest BCUT2D eigenvalue weighted by Gasteiger charge is 1.95. The van der Waals surface area contributed by atoms with Gasteiger partial charge in [-0.2, -0.15) is 0 Å². The molecule has 1 rings (SSSR count). The van der Waals surface area contributed by atoms with Crippen molar-refractivity contribution in [1.82, 2.24) is 0 Å². The summed E-state index contributed by atoms with van der Waals surface area (Å²) >= 11 is 5.64. The van der Waals surface area contributed by atoms with Crippen molar-refractivity contribution in [3.63, 3.8) is 0 Å². The normalized spacial score (nSPS) is 9.64. The molecule has 0 fully saturated rings. The second-order valence-corrected chi connectivity index (χ2v) is 3.85. The predicted molar refractivity (Wildman–Crippen MR) is 64.3 cm³/mol. The molecule has 0 heterocycles. The average Bonchev–Trinajstić information content (AvgIpc) is 2.15. The van der Waals surface area contributed by atoms with E-state index < -0.39 is 0 Å². The summed E-state index contributed by atoms with van der Waals surface area (Å²) in [7, 11) is 4.03. The predicted octanol–water partition coefficient (Wildman–Crippen LogP) is 2.92. The number of halogens is 1. The summed E-state index contributed by atoms with van der Waals surface area (Å²) in [6.45, 7) is 4.21. The van der Waals surface area contributed by atoms with Crippen LogP contribution < -0.4 is 10.2 Å². The van der Waals surface area contributed by atoms with E-state index in [0.717, 1.165) is 5.69 Å². The summed E-state index contributed by atoms with van der Waals surface area (Å²) in [4.78, 5) is 2.06. The van der Waals surface area contributed by atoms with E-state index in [1.165, 1.54) is 5.69 Å². The molecule has 0 aromatic heterocycles. The van der Waals surface area contributed by atoms with E-state index in [1.807, 2.05) is 26.2 Å². The van der Waals surface area contributed by atoms with Gasteiger partial charge in [0, 0.05) is 30.5 Å². The van der Waals surface area contributed by atoms with Crippen LogP contribution in [0.25, 0.3) is 0 Å². The lowest BCUT2D eigenvalue weighted by atomic mass is 10.2. The summed E-state index contributed by atoms with van der Waals surface area (Å²) in [6.07, 6.45) is 0. The number of rotatable bonds is 4. The van der Waals surface area contributed by atoms with Gasteiger partial charge in [0.25, 0.3) is 0 Å². The van der Waals surface area contributed by atoms with Gasteiger partial charge in [0.2, 0.25) is 0 Å². The van der Waals surface area contributed by atoms with Crippen molar-refractivity contribution in [2.75, 3.05) is 30.9 Å². The minimum absolute atomic E-state index is 0.600. The quantitative estimate of drug-likeness (QED) is 0.822. The second-order valence-electron chi connectivity index (χ2n) is 3.31. The molecule has 3 heteroatoms. The first-order valence-electron chi connectivity index (χ1n) is 4.44. The molecule has 0 saturated carbocycles. The van der Waals surface area contributed by atoms with Crippen LogP contribution in [0.15, 0.2) is 35.9 Å². The maximum atomic E-state index is 5.64. The maximum Gasteiger partial charge on any atom is 0.0501 e. The number of hydrogen-bond acceptors (Lipinski definition) is 2. The topological polar surface area (TPSA) is 15.3 Å². The van der Waals surface area contributed by atoms with Gasteiger partial charge >= 0.3 is 0 Å². The van der Waals surface area contributed by atoms with Crippen LogP contribution in [-0.4, -0.2) is 20.6 Å². The zero-order chi connectivity index (χ0) is 10.6. The third-order valence-corrected chi connectivity index (χ3v) is 2.00. The SMILES string of the molecule is C=C(Cl)CNc1ccc(N(C)C)cc1. The van der Waals surface area contributed by atoms with Crippen molar-refractivity contribution in [2.24, 2.45) is 0 Å². The Kier molecular flexibility index (Phi) is 3.84. The van der Waals surface area contributed by atoms with Crippen LogP contribution in [0, 0.1) is 0 Å². The standard InChI is InChI=1S/C11H15ClN2/c1-9(12)8-13-10-4-6-11(7-5-10)14(2)3/h4-7,13H,1,8H2,2-3H3. The number of benzene rings is 1. The molecule has 0 amide bonds. The summed E-state index contributed by atoms with van der Waals surface area (Å²) < 4.78 is 0. The van der Waals surface area contributed by atoms with E-state index in [1.54, 1.807) is 0 Å². The number of nitrogens with one attached hydrogen (secondary N) is 1. The van der Waals surface area contributed by atoms with Gasteiger partial charge in [-0.15, -0.1) is 0 Å². The van der Waals surface area contributed by atoms with Crippen molar-refractivity contribution >= 4 is 23.0 Å². The van der Waals surface area contributed by atoms with Crippen LogP contribution in [0.2, 0.25) is 0 Å². The van der Waals surface area contributed by atoms with Crippen molar-refractivity contribution in [1.29, 1.82) is 0 Å². The fraction of sp³-hybridized carbons (Fsp3) is 0.273. The molecule has 0 radical (unpaired) electrons. The fourth-order valence-electron chi connectivity index (χ4n) is 1.08. The van der Waals surface area contributed by atoms with Gasteiger partial charge in [0.15, 0.2) is 0 Å². The molecule has 2 nitrogen and oxygen atoms in total. The highest BCUT2D eigenvalue weighted by Crippen LogP contribution is 2.15. The smallest absolute Gasteiger partial charge is 0.0501 e. The van der Waals surface area contributed by atoms with E-state index in [9.17, 15) is 0 Å². The number of anilines is 2. The molecular weight excluding hydrogens is 196 g/mol. The zero-order valence-electron chi connectivity index (χ0n) is 8.55. The Morgan fingerprint density at radius 2 is 1.93 bits per heavy atom. The summed E-state index contributed by atoms with van der Waals surface area (Å²) in [5, 5.41) is 3.77. The Labute approximate surface area is 90.2 Å². The highest BCUT2D eigenvalue weighted by atomic mass is 35.5. The lowest BCUT2D eigenvalue weighted by Crippen LogP contribution is -2.08. The second kappa shape index (κ2) is 4.91. The van der Waals surface area contributed by atoms with Crippen LogP contribution in [-0.2, 0) is 0 Å². The van der Waals surface area contributed by atoms with Gasteiger partial charge in [-0.1, -0.05) is 18.2 Å². The van der Waals surface area contributed by atoms with E-state index in [4.69, 9.17) is 11.6 Å². The molecule has 0 unspecified atom stereocenters. The lowest BCUT2D eigenvalue weighted by molar-refractivity contribution is 1.13. The molecule has 0 spiro atoms. The molecular formula is C11H15ClN2. The maximum absolute atomic E-state index is 5.64. The minimum Gasteiger partial charge on any atom is -0.380 e. The molecule has 76 valence electrons. The molecule has 0 atom stereocenters. The van der Waals surface area contributed by atoms with Gasteiger partial charge in [-0.05, 0) is 24.3 Å². The van der Waals surface area contributed by atoms with Crippen molar-refractivity contribution in [2.45, 2.75) is 0 Å². The van der Waals surface area contributed by atoms with Gasteiger partial charge in [-0.25, -0.2) is 0 Å². The molecule has 1 aromatic rings. The van der Waals surface area contributed by atoms with Crippen molar-refractivity contribution < 1.29 is 0 Å².